The van der Waals surface area contributed by atoms with E-state index in [9.17, 15) is 10.2 Å². The number of terminal acetylenes is 2. The molecule has 4 aromatic heterocycles. The van der Waals surface area contributed by atoms with Crippen LogP contribution in [0.1, 0.15) is 53.0 Å². The van der Waals surface area contributed by atoms with Gasteiger partial charge in [0.15, 0.2) is 28.5 Å². The summed E-state index contributed by atoms with van der Waals surface area (Å²) in [6.07, 6.45) is 14.0. The average Bonchev–Trinajstić information content (AvgIpc) is 3.72. The van der Waals surface area contributed by atoms with Crippen LogP contribution in [0.3, 0.4) is 0 Å². The van der Waals surface area contributed by atoms with Crippen LogP contribution in [0.25, 0.3) is 22.3 Å². The molecule has 0 spiro atoms. The number of hydrogen-bond donors (Lipinski definition) is 6. The van der Waals surface area contributed by atoms with Gasteiger partial charge in [0.1, 0.15) is 35.2 Å². The van der Waals surface area contributed by atoms with Gasteiger partial charge < -0.3 is 42.6 Å². The number of nitrogens with zero attached hydrogens (tertiary/aromatic N) is 8. The number of ether oxygens (including phenoxy) is 2. The van der Waals surface area contributed by atoms with Crippen molar-refractivity contribution in [2.45, 2.75) is 70.3 Å². The smallest absolute Gasteiger partial charge is 0.224 e. The van der Waals surface area contributed by atoms with Gasteiger partial charge >= 0.3 is 0 Å². The zero-order valence-electron chi connectivity index (χ0n) is 23.0. The van der Waals surface area contributed by atoms with Crippen LogP contribution in [0.15, 0.2) is 12.7 Å². The molecule has 2 saturated heterocycles. The summed E-state index contributed by atoms with van der Waals surface area (Å²) in [5.74, 6) is 5.89. The second-order valence-electron chi connectivity index (χ2n) is 10.2. The Bertz CT molecular complexity index is 1600. The minimum Gasteiger partial charge on any atom is -0.392 e. The highest BCUT2D eigenvalue weighted by Crippen LogP contribution is 2.43. The molecule has 0 amide bonds. The summed E-state index contributed by atoms with van der Waals surface area (Å²) in [4.78, 5) is 24.4. The van der Waals surface area contributed by atoms with Gasteiger partial charge in [0.2, 0.25) is 11.9 Å². The number of nitrogen functional groups attached to an aromatic ring is 4. The first-order valence-corrected chi connectivity index (χ1v) is 13.1. The third-order valence-electron chi connectivity index (χ3n) is 7.81. The molecule has 4 aromatic rings. The summed E-state index contributed by atoms with van der Waals surface area (Å²) in [6.45, 7) is 3.64. The SMILES string of the molecule is C.C#C[C@]1(CC)O[C@@H](n2cnc3c(N)nc(N)nc32)CC1C.C#C[C@]1(CO)O[C@@H](n2cnc3c(N)nc(N)nc32)CC1O. The maximum atomic E-state index is 10.0. The number of aromatic nitrogens is 8. The molecule has 2 unspecified atom stereocenters. The first-order chi connectivity index (χ1) is 20.0. The largest absolute Gasteiger partial charge is 0.392 e. The standard InChI is InChI=1S/C14H18N6O.C12H14N6O3.CH4/c1-4-14(5-2)8(3)6-9(21-14)20-7-17-10-11(15)18-13(16)19-12(10)20;1-2-12(4-19)6(20)3-7(21-12)18-5-15-8-9(13)16-11(14)17-10(8)18;/h1,7-9H,5-6H2,2-3H3,(H4,15,16,18,19);1,5-7,19-20H,3-4H2,(H4,13,14,16,17);1H4/t8?,9-,14-;6?,7-,12-;/m11./s1. The topological polar surface area (TPSA) is 250 Å². The summed E-state index contributed by atoms with van der Waals surface area (Å²) < 4.78 is 15.2. The van der Waals surface area contributed by atoms with Gasteiger partial charge in [-0.15, -0.1) is 12.8 Å². The van der Waals surface area contributed by atoms with E-state index in [2.05, 4.69) is 48.7 Å². The molecule has 10 N–H and O–H groups in total. The molecule has 0 bridgehead atoms. The van der Waals surface area contributed by atoms with Crippen LogP contribution in [0.4, 0.5) is 23.5 Å². The van der Waals surface area contributed by atoms with Crippen LogP contribution < -0.4 is 22.9 Å². The monoisotopic (exact) mass is 592 g/mol. The Morgan fingerprint density at radius 1 is 0.884 bits per heavy atom. The summed E-state index contributed by atoms with van der Waals surface area (Å²) in [5, 5.41) is 19.4. The Morgan fingerprint density at radius 2 is 1.35 bits per heavy atom. The van der Waals surface area contributed by atoms with Crippen molar-refractivity contribution in [3.63, 3.8) is 0 Å². The van der Waals surface area contributed by atoms with Crippen LogP contribution in [0.5, 0.6) is 0 Å². The van der Waals surface area contributed by atoms with Gasteiger partial charge in [-0.05, 0) is 12.8 Å². The van der Waals surface area contributed by atoms with Gasteiger partial charge in [0, 0.05) is 12.3 Å². The minimum absolute atomic E-state index is 0. The van der Waals surface area contributed by atoms with Crippen molar-refractivity contribution in [3.8, 4) is 24.7 Å². The Hall–Kier alpha value is -4.74. The van der Waals surface area contributed by atoms with Gasteiger partial charge in [-0.1, -0.05) is 33.1 Å². The van der Waals surface area contributed by atoms with E-state index in [-0.39, 0.29) is 49.5 Å². The van der Waals surface area contributed by atoms with E-state index in [1.807, 2.05) is 11.5 Å². The lowest BCUT2D eigenvalue weighted by molar-refractivity contribution is -0.0891. The van der Waals surface area contributed by atoms with Crippen molar-refractivity contribution in [1.29, 1.82) is 0 Å². The van der Waals surface area contributed by atoms with E-state index in [0.717, 1.165) is 12.8 Å². The van der Waals surface area contributed by atoms with E-state index in [0.29, 0.717) is 22.3 Å². The molecule has 2 aliphatic rings. The van der Waals surface area contributed by atoms with Gasteiger partial charge in [-0.3, -0.25) is 9.13 Å². The van der Waals surface area contributed by atoms with Gasteiger partial charge in [-0.25, -0.2) is 9.97 Å². The van der Waals surface area contributed by atoms with E-state index in [1.165, 1.54) is 6.33 Å². The van der Waals surface area contributed by atoms with Crippen molar-refractivity contribution in [2.75, 3.05) is 29.5 Å². The average molecular weight is 593 g/mol. The molecule has 43 heavy (non-hydrogen) atoms. The third kappa shape index (κ3) is 5.10. The Kier molecular flexibility index (Phi) is 8.35. The fraction of sp³-hybridized carbons (Fsp3) is 0.481. The van der Waals surface area contributed by atoms with Crippen LogP contribution in [-0.2, 0) is 9.47 Å². The number of fused-ring (bicyclic) bond motifs is 2. The fourth-order valence-corrected chi connectivity index (χ4v) is 5.35. The molecule has 6 atom stereocenters. The highest BCUT2D eigenvalue weighted by atomic mass is 16.6. The Labute approximate surface area is 247 Å². The molecule has 6 rings (SSSR count). The van der Waals surface area contributed by atoms with Gasteiger partial charge in [-0.2, -0.15) is 19.9 Å². The van der Waals surface area contributed by atoms with Gasteiger partial charge in [0.25, 0.3) is 0 Å². The summed E-state index contributed by atoms with van der Waals surface area (Å²) >= 11 is 0. The van der Waals surface area contributed by atoms with Crippen LogP contribution in [-0.4, -0.2) is 73.2 Å². The highest BCUT2D eigenvalue weighted by molar-refractivity contribution is 5.83. The van der Waals surface area contributed by atoms with Crippen molar-refractivity contribution < 1.29 is 19.7 Å². The zero-order valence-corrected chi connectivity index (χ0v) is 23.0. The number of rotatable bonds is 4. The number of imidazole rings is 2. The molecule has 16 heteroatoms. The maximum Gasteiger partial charge on any atom is 0.224 e. The molecular weight excluding hydrogens is 556 g/mol. The van der Waals surface area contributed by atoms with Gasteiger partial charge in [0.05, 0.1) is 19.3 Å². The van der Waals surface area contributed by atoms with Crippen LogP contribution in [0.2, 0.25) is 0 Å². The second-order valence-corrected chi connectivity index (χ2v) is 10.2. The fourth-order valence-electron chi connectivity index (χ4n) is 5.35. The lowest BCUT2D eigenvalue weighted by atomic mass is 9.87. The van der Waals surface area contributed by atoms with E-state index < -0.39 is 30.1 Å². The normalized spacial score (nSPS) is 28.1. The minimum atomic E-state index is -1.44. The van der Waals surface area contributed by atoms with Crippen molar-refractivity contribution in [3.05, 3.63) is 12.7 Å². The molecule has 6 heterocycles. The second kappa shape index (κ2) is 11.5. The van der Waals surface area contributed by atoms with E-state index >= 15 is 0 Å². The predicted molar refractivity (Wildman–Crippen MR) is 160 cm³/mol. The third-order valence-corrected chi connectivity index (χ3v) is 7.81. The quantitative estimate of drug-likeness (QED) is 0.178. The first-order valence-electron chi connectivity index (χ1n) is 13.1. The molecule has 0 radical (unpaired) electrons. The predicted octanol–water partition coefficient (Wildman–Crippen LogP) is 0.599. The summed E-state index contributed by atoms with van der Waals surface area (Å²) in [7, 11) is 0. The first kappa shape index (κ1) is 31.2. The molecule has 0 aliphatic carbocycles. The Morgan fingerprint density at radius 3 is 1.74 bits per heavy atom. The lowest BCUT2D eigenvalue weighted by Crippen LogP contribution is -2.41. The van der Waals surface area contributed by atoms with Crippen LogP contribution in [0, 0.1) is 30.6 Å². The lowest BCUT2D eigenvalue weighted by Gasteiger charge is -2.25. The van der Waals surface area contributed by atoms with E-state index in [1.54, 1.807) is 10.9 Å². The Balaban J connectivity index is 0.000000192. The van der Waals surface area contributed by atoms with E-state index in [4.69, 9.17) is 45.3 Å². The molecule has 0 aromatic carbocycles. The van der Waals surface area contributed by atoms with Crippen molar-refractivity contribution in [2.24, 2.45) is 5.92 Å². The molecular formula is C27H36N12O4. The molecule has 0 saturated carbocycles. The number of anilines is 4. The number of hydrogen-bond acceptors (Lipinski definition) is 14. The number of nitrogens with two attached hydrogens (primary N) is 4. The zero-order chi connectivity index (χ0) is 30.4. The van der Waals surface area contributed by atoms with Crippen molar-refractivity contribution >= 4 is 45.9 Å². The maximum absolute atomic E-state index is 10.0. The molecule has 2 aliphatic heterocycles. The summed E-state index contributed by atoms with van der Waals surface area (Å²) in [6, 6.07) is 0. The number of aliphatic hydroxyl groups excluding tert-OH is 2. The number of aliphatic hydroxyl groups is 2. The van der Waals surface area contributed by atoms with Crippen molar-refractivity contribution in [1.82, 2.24) is 39.0 Å². The summed E-state index contributed by atoms with van der Waals surface area (Å²) in [5.41, 5.74) is 22.7. The molecule has 228 valence electrons. The van der Waals surface area contributed by atoms with Crippen LogP contribution >= 0.6 is 0 Å². The highest BCUT2D eigenvalue weighted by Gasteiger charge is 2.48. The molecule has 2 fully saturated rings. The molecule has 16 nitrogen and oxygen atoms in total.